The number of benzene rings is 1. The van der Waals surface area contributed by atoms with Gasteiger partial charge in [-0.2, -0.15) is 5.10 Å². The van der Waals surface area contributed by atoms with Gasteiger partial charge in [-0.05, 0) is 50.0 Å². The first-order valence-corrected chi connectivity index (χ1v) is 8.76. The minimum atomic E-state index is -0.459. The Morgan fingerprint density at radius 1 is 1.21 bits per heavy atom. The molecule has 5 nitrogen and oxygen atoms in total. The maximum absolute atomic E-state index is 13.8. The first kappa shape index (κ1) is 15.5. The molecule has 0 spiro atoms. The van der Waals surface area contributed by atoms with Crippen LogP contribution in [0.2, 0.25) is 0 Å². The molecule has 1 saturated carbocycles. The number of aromatic nitrogens is 3. The van der Waals surface area contributed by atoms with Crippen LogP contribution in [0, 0.1) is 10.6 Å². The number of hydrogen-bond acceptors (Lipinski definition) is 3. The molecule has 2 heterocycles. The Labute approximate surface area is 144 Å². The molecule has 2 aromatic rings. The van der Waals surface area contributed by atoms with Gasteiger partial charge >= 0.3 is 0 Å². The van der Waals surface area contributed by atoms with E-state index in [1.54, 1.807) is 23.1 Å². The van der Waals surface area contributed by atoms with Crippen LogP contribution in [0.4, 0.5) is 4.39 Å². The number of carbonyl (C=O) groups excluding carboxylic acids is 1. The number of aromatic amines is 1. The van der Waals surface area contributed by atoms with Crippen molar-refractivity contribution in [1.29, 1.82) is 0 Å². The highest BCUT2D eigenvalue weighted by molar-refractivity contribution is 7.71. The molecule has 0 atom stereocenters. The third-order valence-corrected chi connectivity index (χ3v) is 5.18. The van der Waals surface area contributed by atoms with Crippen LogP contribution in [0.5, 0.6) is 0 Å². The normalized spacial score (nSPS) is 18.8. The molecule has 1 amide bonds. The van der Waals surface area contributed by atoms with Crippen LogP contribution in [-0.2, 0) is 0 Å². The number of likely N-dealkylation sites (tertiary alicyclic amines) is 1. The SMILES string of the molecule is O=C(c1ccccc1F)N1CCC(c2n[nH]c(=S)n2C2CC2)CC1. The molecule has 1 aromatic heterocycles. The number of piperidine rings is 1. The van der Waals surface area contributed by atoms with E-state index in [9.17, 15) is 9.18 Å². The molecule has 0 unspecified atom stereocenters. The number of nitrogens with zero attached hydrogens (tertiary/aromatic N) is 3. The van der Waals surface area contributed by atoms with E-state index in [0.717, 1.165) is 31.5 Å². The van der Waals surface area contributed by atoms with Crippen molar-refractivity contribution in [3.05, 3.63) is 46.2 Å². The number of H-pyrrole nitrogens is 1. The van der Waals surface area contributed by atoms with Crippen molar-refractivity contribution in [2.24, 2.45) is 0 Å². The van der Waals surface area contributed by atoms with Gasteiger partial charge in [0.05, 0.1) is 5.56 Å². The average Bonchev–Trinajstić information content (AvgIpc) is 3.37. The van der Waals surface area contributed by atoms with Crippen LogP contribution in [0.25, 0.3) is 0 Å². The second-order valence-electron chi connectivity index (χ2n) is 6.53. The van der Waals surface area contributed by atoms with Gasteiger partial charge in [0.15, 0.2) is 4.77 Å². The summed E-state index contributed by atoms with van der Waals surface area (Å²) in [6.45, 7) is 1.23. The zero-order valence-electron chi connectivity index (χ0n) is 13.2. The predicted molar refractivity (Wildman–Crippen MR) is 90.0 cm³/mol. The summed E-state index contributed by atoms with van der Waals surface area (Å²) >= 11 is 5.34. The van der Waals surface area contributed by atoms with Crippen LogP contribution in [0.3, 0.4) is 0 Å². The highest BCUT2D eigenvalue weighted by Gasteiger charge is 2.33. The lowest BCUT2D eigenvalue weighted by Gasteiger charge is -2.31. The van der Waals surface area contributed by atoms with Crippen molar-refractivity contribution in [3.63, 3.8) is 0 Å². The fourth-order valence-corrected chi connectivity index (χ4v) is 3.72. The van der Waals surface area contributed by atoms with Crippen LogP contribution in [-0.4, -0.2) is 38.7 Å². The van der Waals surface area contributed by atoms with Gasteiger partial charge in [0.1, 0.15) is 11.6 Å². The van der Waals surface area contributed by atoms with Gasteiger partial charge < -0.3 is 9.47 Å². The topological polar surface area (TPSA) is 53.9 Å². The van der Waals surface area contributed by atoms with Gasteiger partial charge in [-0.25, -0.2) is 4.39 Å². The number of hydrogen-bond donors (Lipinski definition) is 1. The molecule has 1 aromatic carbocycles. The summed E-state index contributed by atoms with van der Waals surface area (Å²) in [7, 11) is 0. The summed E-state index contributed by atoms with van der Waals surface area (Å²) in [6.07, 6.45) is 3.97. The van der Waals surface area contributed by atoms with Gasteiger partial charge in [-0.3, -0.25) is 9.89 Å². The molecule has 1 N–H and O–H groups in total. The van der Waals surface area contributed by atoms with Crippen molar-refractivity contribution in [3.8, 4) is 0 Å². The van der Waals surface area contributed by atoms with E-state index in [2.05, 4.69) is 14.8 Å². The maximum Gasteiger partial charge on any atom is 0.256 e. The third-order valence-electron chi connectivity index (χ3n) is 4.90. The molecule has 7 heteroatoms. The monoisotopic (exact) mass is 346 g/mol. The average molecular weight is 346 g/mol. The molecule has 0 radical (unpaired) electrons. The van der Waals surface area contributed by atoms with Gasteiger partial charge in [0, 0.05) is 25.0 Å². The molecule has 1 aliphatic carbocycles. The van der Waals surface area contributed by atoms with Gasteiger partial charge in [0.2, 0.25) is 0 Å². The summed E-state index contributed by atoms with van der Waals surface area (Å²) in [5, 5.41) is 7.33. The molecule has 2 fully saturated rings. The van der Waals surface area contributed by atoms with Crippen LogP contribution in [0.15, 0.2) is 24.3 Å². The number of nitrogens with one attached hydrogen (secondary N) is 1. The standard InChI is InChI=1S/C17H19FN4OS/c18-14-4-2-1-3-13(14)16(23)21-9-7-11(8-10-21)15-19-20-17(24)22(15)12-5-6-12/h1-4,11-12H,5-10H2,(H,20,24). The highest BCUT2D eigenvalue weighted by Crippen LogP contribution is 2.39. The van der Waals surface area contributed by atoms with Crippen molar-refractivity contribution < 1.29 is 9.18 Å². The van der Waals surface area contributed by atoms with Crippen LogP contribution >= 0.6 is 12.2 Å². The lowest BCUT2D eigenvalue weighted by Crippen LogP contribution is -2.38. The van der Waals surface area contributed by atoms with Crippen molar-refractivity contribution in [2.75, 3.05) is 13.1 Å². The minimum Gasteiger partial charge on any atom is -0.339 e. The Balaban J connectivity index is 1.47. The Morgan fingerprint density at radius 2 is 1.92 bits per heavy atom. The summed E-state index contributed by atoms with van der Waals surface area (Å²) in [5.74, 6) is 0.621. The molecule has 4 rings (SSSR count). The Morgan fingerprint density at radius 3 is 2.58 bits per heavy atom. The fourth-order valence-electron chi connectivity index (χ4n) is 3.44. The van der Waals surface area contributed by atoms with Gasteiger partial charge in [-0.1, -0.05) is 12.1 Å². The summed E-state index contributed by atoms with van der Waals surface area (Å²) in [5.41, 5.74) is 0.150. The summed E-state index contributed by atoms with van der Waals surface area (Å²) < 4.78 is 16.7. The summed E-state index contributed by atoms with van der Waals surface area (Å²) in [4.78, 5) is 14.2. The zero-order valence-corrected chi connectivity index (χ0v) is 14.1. The lowest BCUT2D eigenvalue weighted by molar-refractivity contribution is 0.0705. The molecule has 126 valence electrons. The third kappa shape index (κ3) is 2.77. The molecule has 24 heavy (non-hydrogen) atoms. The predicted octanol–water partition coefficient (Wildman–Crippen LogP) is 3.43. The zero-order chi connectivity index (χ0) is 16.7. The molecular formula is C17H19FN4OS. The smallest absolute Gasteiger partial charge is 0.256 e. The highest BCUT2D eigenvalue weighted by atomic mass is 32.1. The Hall–Kier alpha value is -2.02. The summed E-state index contributed by atoms with van der Waals surface area (Å²) in [6, 6.07) is 6.65. The van der Waals surface area contributed by atoms with E-state index in [0.29, 0.717) is 29.8 Å². The quantitative estimate of drug-likeness (QED) is 0.866. The Bertz CT molecular complexity index is 818. The second-order valence-corrected chi connectivity index (χ2v) is 6.92. The number of amides is 1. The van der Waals surface area contributed by atoms with Crippen molar-refractivity contribution in [1.82, 2.24) is 19.7 Å². The van der Waals surface area contributed by atoms with Crippen LogP contribution < -0.4 is 0 Å². The van der Waals surface area contributed by atoms with E-state index in [-0.39, 0.29) is 11.5 Å². The largest absolute Gasteiger partial charge is 0.339 e. The first-order chi connectivity index (χ1) is 11.6. The van der Waals surface area contributed by atoms with Crippen molar-refractivity contribution >= 4 is 18.1 Å². The molecular weight excluding hydrogens is 327 g/mol. The first-order valence-electron chi connectivity index (χ1n) is 8.35. The van der Waals surface area contributed by atoms with Crippen molar-refractivity contribution in [2.45, 2.75) is 37.6 Å². The number of rotatable bonds is 3. The second kappa shape index (κ2) is 6.12. The van der Waals surface area contributed by atoms with Crippen LogP contribution in [0.1, 0.15) is 53.8 Å². The number of halogens is 1. The lowest BCUT2D eigenvalue weighted by atomic mass is 9.95. The van der Waals surface area contributed by atoms with E-state index < -0.39 is 5.82 Å². The fraction of sp³-hybridized carbons (Fsp3) is 0.471. The van der Waals surface area contributed by atoms with E-state index >= 15 is 0 Å². The van der Waals surface area contributed by atoms with Gasteiger partial charge in [-0.15, -0.1) is 0 Å². The molecule has 2 aliphatic rings. The van der Waals surface area contributed by atoms with E-state index in [1.807, 2.05) is 0 Å². The van der Waals surface area contributed by atoms with E-state index in [1.165, 1.54) is 6.07 Å². The Kier molecular flexibility index (Phi) is 3.96. The molecule has 1 saturated heterocycles. The molecule has 1 aliphatic heterocycles. The maximum atomic E-state index is 13.8. The van der Waals surface area contributed by atoms with E-state index in [4.69, 9.17) is 12.2 Å². The number of carbonyl (C=O) groups is 1. The minimum absolute atomic E-state index is 0.150. The molecule has 0 bridgehead atoms. The van der Waals surface area contributed by atoms with Gasteiger partial charge in [0.25, 0.3) is 5.91 Å².